The summed E-state index contributed by atoms with van der Waals surface area (Å²) in [6, 6.07) is 0.344. The first-order chi connectivity index (χ1) is 7.59. The number of hydrogen-bond donors (Lipinski definition) is 1. The molecule has 1 aliphatic heterocycles. The van der Waals surface area contributed by atoms with E-state index in [0.717, 1.165) is 25.8 Å². The quantitative estimate of drug-likeness (QED) is 0.774. The Morgan fingerprint density at radius 2 is 1.88 bits per heavy atom. The van der Waals surface area contributed by atoms with Crippen LogP contribution in [0.2, 0.25) is 0 Å². The molecule has 16 heavy (non-hydrogen) atoms. The number of hydrogen-bond acceptors (Lipinski definition) is 2. The van der Waals surface area contributed by atoms with E-state index in [4.69, 9.17) is 5.11 Å². The molecule has 0 aromatic rings. The normalized spacial score (nSPS) is 34.3. The second kappa shape index (κ2) is 4.44. The van der Waals surface area contributed by atoms with Gasteiger partial charge in [0.1, 0.15) is 0 Å². The lowest BCUT2D eigenvalue weighted by molar-refractivity contribution is -0.141. The summed E-state index contributed by atoms with van der Waals surface area (Å²) in [5.74, 6) is -0.896. The average Bonchev–Trinajstić information content (AvgIpc) is 2.84. The molecular formula is C12H19NO3. The number of carbonyl (C=O) groups excluding carboxylic acids is 1. The molecule has 2 fully saturated rings. The standard InChI is InChI=1S/C12H19NO3/c1-8-3-2-6-13(8)11(14)9-4-5-10(7-9)12(15)16/h8-10H,2-7H2,1H3,(H,15,16). The second-order valence-corrected chi connectivity index (χ2v) is 5.07. The highest BCUT2D eigenvalue weighted by Gasteiger charge is 2.37. The third kappa shape index (κ3) is 2.06. The van der Waals surface area contributed by atoms with Gasteiger partial charge < -0.3 is 10.0 Å². The van der Waals surface area contributed by atoms with Crippen LogP contribution in [0, 0.1) is 11.8 Å². The lowest BCUT2D eigenvalue weighted by Crippen LogP contribution is -2.37. The highest BCUT2D eigenvalue weighted by Crippen LogP contribution is 2.33. The van der Waals surface area contributed by atoms with Crippen LogP contribution in [0.4, 0.5) is 0 Å². The van der Waals surface area contributed by atoms with Crippen molar-refractivity contribution in [3.63, 3.8) is 0 Å². The number of likely N-dealkylation sites (tertiary alicyclic amines) is 1. The lowest BCUT2D eigenvalue weighted by Gasteiger charge is -2.24. The van der Waals surface area contributed by atoms with Crippen LogP contribution in [0.1, 0.15) is 39.0 Å². The Morgan fingerprint density at radius 3 is 2.38 bits per heavy atom. The van der Waals surface area contributed by atoms with Gasteiger partial charge in [0.15, 0.2) is 0 Å². The predicted molar refractivity (Wildman–Crippen MR) is 58.9 cm³/mol. The summed E-state index contributed by atoms with van der Waals surface area (Å²) in [7, 11) is 0. The SMILES string of the molecule is CC1CCCN1C(=O)C1CCC(C(=O)O)C1. The Hall–Kier alpha value is -1.06. The van der Waals surface area contributed by atoms with E-state index in [9.17, 15) is 9.59 Å². The summed E-state index contributed by atoms with van der Waals surface area (Å²) in [5, 5.41) is 8.91. The maximum Gasteiger partial charge on any atom is 0.306 e. The average molecular weight is 225 g/mol. The van der Waals surface area contributed by atoms with Crippen molar-refractivity contribution >= 4 is 11.9 Å². The van der Waals surface area contributed by atoms with Crippen molar-refractivity contribution in [1.29, 1.82) is 0 Å². The van der Waals surface area contributed by atoms with Crippen LogP contribution in [0.25, 0.3) is 0 Å². The zero-order chi connectivity index (χ0) is 11.7. The fourth-order valence-corrected chi connectivity index (χ4v) is 2.93. The van der Waals surface area contributed by atoms with Gasteiger partial charge >= 0.3 is 5.97 Å². The Balaban J connectivity index is 1.94. The third-order valence-corrected chi connectivity index (χ3v) is 3.97. The van der Waals surface area contributed by atoms with Crippen molar-refractivity contribution in [2.75, 3.05) is 6.54 Å². The first-order valence-corrected chi connectivity index (χ1v) is 6.13. The lowest BCUT2D eigenvalue weighted by atomic mass is 10.0. The minimum absolute atomic E-state index is 0.0401. The van der Waals surface area contributed by atoms with Crippen LogP contribution in [0.3, 0.4) is 0 Å². The van der Waals surface area contributed by atoms with E-state index < -0.39 is 5.97 Å². The van der Waals surface area contributed by atoms with Crippen molar-refractivity contribution in [1.82, 2.24) is 4.90 Å². The van der Waals surface area contributed by atoms with Crippen molar-refractivity contribution in [2.45, 2.75) is 45.1 Å². The molecule has 3 unspecified atom stereocenters. The highest BCUT2D eigenvalue weighted by atomic mass is 16.4. The molecule has 4 nitrogen and oxygen atoms in total. The first kappa shape index (κ1) is 11.4. The number of carbonyl (C=O) groups is 2. The van der Waals surface area contributed by atoms with Gasteiger partial charge in [0.25, 0.3) is 0 Å². The van der Waals surface area contributed by atoms with Crippen LogP contribution in [-0.2, 0) is 9.59 Å². The fraction of sp³-hybridized carbons (Fsp3) is 0.833. The molecule has 2 aliphatic rings. The van der Waals surface area contributed by atoms with Gasteiger partial charge in [-0.1, -0.05) is 0 Å². The van der Waals surface area contributed by atoms with Gasteiger partial charge in [-0.2, -0.15) is 0 Å². The number of rotatable bonds is 2. The predicted octanol–water partition coefficient (Wildman–Crippen LogP) is 1.50. The maximum absolute atomic E-state index is 12.2. The number of aliphatic carboxylic acids is 1. The third-order valence-electron chi connectivity index (χ3n) is 3.97. The van der Waals surface area contributed by atoms with E-state index in [1.54, 1.807) is 0 Å². The van der Waals surface area contributed by atoms with Crippen molar-refractivity contribution in [3.8, 4) is 0 Å². The largest absolute Gasteiger partial charge is 0.481 e. The topological polar surface area (TPSA) is 57.6 Å². The molecule has 1 amide bonds. The van der Waals surface area contributed by atoms with Crippen molar-refractivity contribution in [2.24, 2.45) is 11.8 Å². The number of nitrogens with zero attached hydrogens (tertiary/aromatic N) is 1. The van der Waals surface area contributed by atoms with E-state index >= 15 is 0 Å². The molecule has 0 spiro atoms. The molecule has 1 heterocycles. The molecule has 1 N–H and O–H groups in total. The van der Waals surface area contributed by atoms with Crippen LogP contribution in [-0.4, -0.2) is 34.5 Å². The van der Waals surface area contributed by atoms with E-state index in [-0.39, 0.29) is 17.7 Å². The van der Waals surface area contributed by atoms with Gasteiger partial charge in [-0.25, -0.2) is 0 Å². The van der Waals surface area contributed by atoms with Crippen LogP contribution < -0.4 is 0 Å². The Kier molecular flexibility index (Phi) is 3.17. The van der Waals surface area contributed by atoms with E-state index in [2.05, 4.69) is 6.92 Å². The minimum atomic E-state index is -0.746. The Labute approximate surface area is 95.6 Å². The van der Waals surface area contributed by atoms with Crippen LogP contribution >= 0.6 is 0 Å². The summed E-state index contributed by atoms with van der Waals surface area (Å²) in [6.45, 7) is 2.93. The molecule has 1 saturated carbocycles. The zero-order valence-corrected chi connectivity index (χ0v) is 9.69. The van der Waals surface area contributed by atoms with Crippen LogP contribution in [0.15, 0.2) is 0 Å². The molecule has 0 radical (unpaired) electrons. The zero-order valence-electron chi connectivity index (χ0n) is 9.69. The van der Waals surface area contributed by atoms with E-state index in [1.807, 2.05) is 4.90 Å². The second-order valence-electron chi connectivity index (χ2n) is 5.07. The van der Waals surface area contributed by atoms with Crippen molar-refractivity contribution < 1.29 is 14.7 Å². The Morgan fingerprint density at radius 1 is 1.19 bits per heavy atom. The smallest absolute Gasteiger partial charge is 0.306 e. The summed E-state index contributed by atoms with van der Waals surface area (Å²) in [5.41, 5.74) is 0. The number of amides is 1. The highest BCUT2D eigenvalue weighted by molar-refractivity contribution is 5.81. The van der Waals surface area contributed by atoms with Gasteiger partial charge in [-0.15, -0.1) is 0 Å². The Bertz CT molecular complexity index is 303. The van der Waals surface area contributed by atoms with E-state index in [0.29, 0.717) is 18.9 Å². The summed E-state index contributed by atoms with van der Waals surface area (Å²) in [4.78, 5) is 24.9. The molecule has 0 aromatic carbocycles. The van der Waals surface area contributed by atoms with Gasteiger partial charge in [-0.3, -0.25) is 9.59 Å². The first-order valence-electron chi connectivity index (χ1n) is 6.13. The molecule has 1 saturated heterocycles. The summed E-state index contributed by atoms with van der Waals surface area (Å²) in [6.07, 6.45) is 4.12. The van der Waals surface area contributed by atoms with Gasteiger partial charge in [-0.05, 0) is 39.0 Å². The van der Waals surface area contributed by atoms with Gasteiger partial charge in [0, 0.05) is 18.5 Å². The van der Waals surface area contributed by atoms with E-state index in [1.165, 1.54) is 0 Å². The maximum atomic E-state index is 12.2. The molecule has 1 aliphatic carbocycles. The molecular weight excluding hydrogens is 206 g/mol. The fourth-order valence-electron chi connectivity index (χ4n) is 2.93. The number of carboxylic acids is 1. The van der Waals surface area contributed by atoms with Gasteiger partial charge in [0.2, 0.25) is 5.91 Å². The minimum Gasteiger partial charge on any atom is -0.481 e. The summed E-state index contributed by atoms with van der Waals surface area (Å²) >= 11 is 0. The monoisotopic (exact) mass is 225 g/mol. The molecule has 0 bridgehead atoms. The number of carboxylic acid groups (broad SMARTS) is 1. The molecule has 2 rings (SSSR count). The van der Waals surface area contributed by atoms with Gasteiger partial charge in [0.05, 0.1) is 5.92 Å². The molecule has 90 valence electrons. The van der Waals surface area contributed by atoms with Crippen molar-refractivity contribution in [3.05, 3.63) is 0 Å². The molecule has 4 heteroatoms. The molecule has 3 atom stereocenters. The molecule has 0 aromatic heterocycles. The van der Waals surface area contributed by atoms with Crippen LogP contribution in [0.5, 0.6) is 0 Å². The summed E-state index contributed by atoms with van der Waals surface area (Å²) < 4.78 is 0.